The van der Waals surface area contributed by atoms with Crippen molar-refractivity contribution in [2.75, 3.05) is 6.61 Å². The van der Waals surface area contributed by atoms with E-state index in [1.54, 1.807) is 6.08 Å². The van der Waals surface area contributed by atoms with E-state index in [1.807, 2.05) is 6.92 Å². The van der Waals surface area contributed by atoms with Gasteiger partial charge >= 0.3 is 5.97 Å². The minimum atomic E-state index is -1.37. The van der Waals surface area contributed by atoms with E-state index in [4.69, 9.17) is 4.74 Å². The number of carbonyl (C=O) groups is 3. The molecule has 0 heterocycles. The molecule has 0 bridgehead atoms. The number of esters is 1. The Balaban J connectivity index is 1.76. The highest BCUT2D eigenvalue weighted by Crippen LogP contribution is 2.68. The Labute approximate surface area is 171 Å². The Morgan fingerprint density at radius 1 is 1.21 bits per heavy atom. The second kappa shape index (κ2) is 6.74. The van der Waals surface area contributed by atoms with Crippen LogP contribution in [0.1, 0.15) is 65.7 Å². The van der Waals surface area contributed by atoms with Crippen LogP contribution in [-0.4, -0.2) is 46.1 Å². The van der Waals surface area contributed by atoms with Gasteiger partial charge in [-0.3, -0.25) is 14.4 Å². The van der Waals surface area contributed by atoms with Gasteiger partial charge in [0.1, 0.15) is 6.61 Å². The summed E-state index contributed by atoms with van der Waals surface area (Å²) in [6.45, 7) is 4.76. The second-order valence-electron chi connectivity index (χ2n) is 10.1. The van der Waals surface area contributed by atoms with Gasteiger partial charge in [-0.25, -0.2) is 0 Å². The van der Waals surface area contributed by atoms with Crippen molar-refractivity contribution in [3.8, 4) is 0 Å². The molecule has 0 aromatic rings. The summed E-state index contributed by atoms with van der Waals surface area (Å²) in [6.07, 6.45) is 5.59. The third-order valence-electron chi connectivity index (χ3n) is 8.93. The number of rotatable bonds is 3. The van der Waals surface area contributed by atoms with Gasteiger partial charge in [-0.2, -0.15) is 0 Å². The van der Waals surface area contributed by atoms with Gasteiger partial charge in [-0.1, -0.05) is 19.4 Å². The number of hydrogen-bond acceptors (Lipinski definition) is 6. The van der Waals surface area contributed by atoms with E-state index < -0.39 is 35.5 Å². The molecule has 0 radical (unpaired) electrons. The Morgan fingerprint density at radius 2 is 1.93 bits per heavy atom. The van der Waals surface area contributed by atoms with Crippen LogP contribution in [0, 0.1) is 28.6 Å². The van der Waals surface area contributed by atoms with Gasteiger partial charge in [0.15, 0.2) is 11.4 Å². The number of ketones is 2. The molecule has 29 heavy (non-hydrogen) atoms. The second-order valence-corrected chi connectivity index (χ2v) is 10.1. The van der Waals surface area contributed by atoms with Crippen molar-refractivity contribution in [1.29, 1.82) is 0 Å². The van der Waals surface area contributed by atoms with Crippen molar-refractivity contribution in [3.63, 3.8) is 0 Å². The predicted molar refractivity (Wildman–Crippen MR) is 105 cm³/mol. The van der Waals surface area contributed by atoms with Crippen LogP contribution in [-0.2, 0) is 19.1 Å². The van der Waals surface area contributed by atoms with Gasteiger partial charge in [0, 0.05) is 18.8 Å². The smallest absolute Gasteiger partial charge is 0.303 e. The zero-order valence-electron chi connectivity index (χ0n) is 17.6. The highest BCUT2D eigenvalue weighted by Gasteiger charge is 2.70. The van der Waals surface area contributed by atoms with E-state index in [9.17, 15) is 24.6 Å². The van der Waals surface area contributed by atoms with Crippen LogP contribution in [0.3, 0.4) is 0 Å². The van der Waals surface area contributed by atoms with E-state index in [0.29, 0.717) is 19.3 Å². The quantitative estimate of drug-likeness (QED) is 0.701. The van der Waals surface area contributed by atoms with Crippen LogP contribution >= 0.6 is 0 Å². The molecule has 3 fully saturated rings. The van der Waals surface area contributed by atoms with Gasteiger partial charge in [-0.05, 0) is 67.8 Å². The molecule has 0 aromatic carbocycles. The summed E-state index contributed by atoms with van der Waals surface area (Å²) in [7, 11) is 0. The summed E-state index contributed by atoms with van der Waals surface area (Å²) in [5.74, 6) is -0.462. The molecule has 6 nitrogen and oxygen atoms in total. The first-order valence-corrected chi connectivity index (χ1v) is 10.8. The molecule has 6 heteroatoms. The van der Waals surface area contributed by atoms with Crippen molar-refractivity contribution >= 4 is 17.5 Å². The van der Waals surface area contributed by atoms with E-state index in [1.165, 1.54) is 6.92 Å². The van der Waals surface area contributed by atoms with Gasteiger partial charge in [-0.15, -0.1) is 0 Å². The Hall–Kier alpha value is -1.53. The average Bonchev–Trinajstić information content (AvgIpc) is 2.93. The van der Waals surface area contributed by atoms with Gasteiger partial charge in [0.05, 0.1) is 6.10 Å². The number of allylic oxidation sites excluding steroid dienone is 1. The summed E-state index contributed by atoms with van der Waals surface area (Å²) >= 11 is 0. The average molecular weight is 405 g/mol. The number of fused-ring (bicyclic) bond motifs is 5. The minimum absolute atomic E-state index is 0.0334. The van der Waals surface area contributed by atoms with Gasteiger partial charge in [0.2, 0.25) is 5.78 Å². The lowest BCUT2D eigenvalue weighted by molar-refractivity contribution is -0.200. The van der Waals surface area contributed by atoms with Crippen molar-refractivity contribution in [1.82, 2.24) is 0 Å². The molecule has 0 spiro atoms. The number of aliphatic hydroxyl groups is 2. The molecule has 0 saturated heterocycles. The van der Waals surface area contributed by atoms with E-state index >= 15 is 0 Å². The SMILES string of the molecule is CC(=O)O[C@@]1(C(=O)CO)CC[C@H]2[C@@H]3CCC4=CC(=O)CC[C@]4(C)[C@H]3[C@@H](O)C[C@@]21C. The molecule has 4 aliphatic carbocycles. The first kappa shape index (κ1) is 20.7. The van der Waals surface area contributed by atoms with Crippen LogP contribution in [0.2, 0.25) is 0 Å². The molecule has 0 aliphatic heterocycles. The molecule has 3 saturated carbocycles. The molecular formula is C23H32O6. The molecular weight excluding hydrogens is 372 g/mol. The van der Waals surface area contributed by atoms with Crippen LogP contribution < -0.4 is 0 Å². The lowest BCUT2D eigenvalue weighted by Crippen LogP contribution is -2.63. The maximum atomic E-state index is 12.9. The predicted octanol–water partition coefficient (Wildman–Crippen LogP) is 2.35. The van der Waals surface area contributed by atoms with Crippen molar-refractivity contribution in [3.05, 3.63) is 11.6 Å². The molecule has 0 unspecified atom stereocenters. The lowest BCUT2D eigenvalue weighted by atomic mass is 9.45. The molecule has 4 rings (SSSR count). The topological polar surface area (TPSA) is 101 Å². The monoisotopic (exact) mass is 404 g/mol. The molecule has 2 N–H and O–H groups in total. The zero-order valence-corrected chi connectivity index (χ0v) is 17.6. The largest absolute Gasteiger partial charge is 0.451 e. The van der Waals surface area contributed by atoms with Crippen LogP contribution in [0.5, 0.6) is 0 Å². The van der Waals surface area contributed by atoms with Gasteiger partial charge < -0.3 is 14.9 Å². The maximum absolute atomic E-state index is 12.9. The highest BCUT2D eigenvalue weighted by atomic mass is 16.6. The Kier molecular flexibility index (Phi) is 4.82. The molecule has 7 atom stereocenters. The number of carbonyl (C=O) groups excluding carboxylic acids is 3. The zero-order chi connectivity index (χ0) is 21.2. The summed E-state index contributed by atoms with van der Waals surface area (Å²) < 4.78 is 5.68. The molecule has 4 aliphatic rings. The Bertz CT molecular complexity index is 786. The number of Topliss-reactive ketones (excluding diaryl/α,β-unsaturated/α-hetero) is 1. The first-order chi connectivity index (χ1) is 13.6. The molecule has 160 valence electrons. The molecule has 0 aromatic heterocycles. The lowest BCUT2D eigenvalue weighted by Gasteiger charge is -2.60. The summed E-state index contributed by atoms with van der Waals surface area (Å²) in [5, 5.41) is 21.0. The number of hydrogen-bond donors (Lipinski definition) is 2. The van der Waals surface area contributed by atoms with Crippen LogP contribution in [0.4, 0.5) is 0 Å². The fourth-order valence-corrected chi connectivity index (χ4v) is 7.73. The van der Waals surface area contributed by atoms with Crippen LogP contribution in [0.15, 0.2) is 11.6 Å². The maximum Gasteiger partial charge on any atom is 0.303 e. The minimum Gasteiger partial charge on any atom is -0.451 e. The fraction of sp³-hybridized carbons (Fsp3) is 0.783. The summed E-state index contributed by atoms with van der Waals surface area (Å²) in [6, 6.07) is 0. The first-order valence-electron chi connectivity index (χ1n) is 10.8. The van der Waals surface area contributed by atoms with Gasteiger partial charge in [0.25, 0.3) is 0 Å². The highest BCUT2D eigenvalue weighted by molar-refractivity contribution is 5.92. The standard InChI is InChI=1S/C23H32O6/c1-13(25)29-23(19(28)12-24)9-7-17-16-5-4-14-10-15(26)6-8-21(14,2)20(16)18(27)11-22(17,23)3/h10,16-18,20,24,27H,4-9,11-12H2,1-3H3/t16-,17-,18-,20+,21-,22-,23+/m0/s1. The Morgan fingerprint density at radius 3 is 2.59 bits per heavy atom. The molecule has 0 amide bonds. The number of ether oxygens (including phenoxy) is 1. The third kappa shape index (κ3) is 2.71. The summed E-state index contributed by atoms with van der Waals surface area (Å²) in [5.41, 5.74) is -1.12. The van der Waals surface area contributed by atoms with Crippen molar-refractivity contribution < 1.29 is 29.3 Å². The van der Waals surface area contributed by atoms with Crippen molar-refractivity contribution in [2.45, 2.75) is 77.4 Å². The third-order valence-corrected chi connectivity index (χ3v) is 8.93. The fourth-order valence-electron chi connectivity index (χ4n) is 7.73. The normalized spacial score (nSPS) is 46.2. The van der Waals surface area contributed by atoms with Crippen molar-refractivity contribution in [2.24, 2.45) is 28.6 Å². The van der Waals surface area contributed by atoms with E-state index in [-0.39, 0.29) is 29.0 Å². The number of aliphatic hydroxyl groups excluding tert-OH is 2. The summed E-state index contributed by atoms with van der Waals surface area (Å²) in [4.78, 5) is 36.8. The van der Waals surface area contributed by atoms with Crippen LogP contribution in [0.25, 0.3) is 0 Å². The van der Waals surface area contributed by atoms with E-state index in [2.05, 4.69) is 6.92 Å². The van der Waals surface area contributed by atoms with E-state index in [0.717, 1.165) is 31.3 Å².